The zero-order chi connectivity index (χ0) is 25.8. The highest BCUT2D eigenvalue weighted by molar-refractivity contribution is 6.32. The molecule has 0 radical (unpaired) electrons. The fourth-order valence-corrected chi connectivity index (χ4v) is 4.51. The molecule has 5 aromatic rings. The number of fused-ring (bicyclic) bond motifs is 1. The van der Waals surface area contributed by atoms with E-state index < -0.39 is 6.04 Å². The van der Waals surface area contributed by atoms with Gasteiger partial charge < -0.3 is 10.3 Å². The molecule has 0 aliphatic heterocycles. The second kappa shape index (κ2) is 10.8. The van der Waals surface area contributed by atoms with Crippen molar-refractivity contribution in [3.8, 4) is 11.3 Å². The monoisotopic (exact) mass is 528 g/mol. The van der Waals surface area contributed by atoms with Gasteiger partial charge in [0.05, 0.1) is 11.6 Å². The molecule has 0 saturated heterocycles. The lowest BCUT2D eigenvalue weighted by Gasteiger charge is -2.16. The topological polar surface area (TPSA) is 98.8 Å². The standard InChI is InChI=1S/C28H22Cl2N6O/c1-31-27-21-12-11-19(16-22(21)35-36-27)25-26(30)34-28(33-25)23(15-17-6-3-2-4-7-17)32-24(37)13-10-18-8-5-9-20(29)14-18/h2-14,16,23H,1,15H2,(H,32,37)(H,33,34)(H,35,36)/b13-10+/t23-/m0/s1. The van der Waals surface area contributed by atoms with Gasteiger partial charge in [0.25, 0.3) is 0 Å². The Morgan fingerprint density at radius 1 is 1.08 bits per heavy atom. The Labute approximate surface area is 223 Å². The summed E-state index contributed by atoms with van der Waals surface area (Å²) in [6, 6.07) is 22.4. The van der Waals surface area contributed by atoms with E-state index in [0.29, 0.717) is 33.9 Å². The van der Waals surface area contributed by atoms with Gasteiger partial charge in [-0.05, 0) is 54.6 Å². The first-order valence-corrected chi connectivity index (χ1v) is 12.2. The second-order valence-corrected chi connectivity index (χ2v) is 9.20. The number of amides is 1. The lowest BCUT2D eigenvalue weighted by molar-refractivity contribution is -0.117. The first-order valence-electron chi connectivity index (χ1n) is 11.5. The number of carbonyl (C=O) groups is 1. The molecule has 0 aliphatic carbocycles. The van der Waals surface area contributed by atoms with Crippen molar-refractivity contribution in [1.82, 2.24) is 25.5 Å². The van der Waals surface area contributed by atoms with Crippen LogP contribution in [0.5, 0.6) is 0 Å². The summed E-state index contributed by atoms with van der Waals surface area (Å²) in [7, 11) is 0. The van der Waals surface area contributed by atoms with Crippen LogP contribution in [0.25, 0.3) is 28.2 Å². The number of aromatic amines is 2. The summed E-state index contributed by atoms with van der Waals surface area (Å²) in [5.41, 5.74) is 4.03. The normalized spacial score (nSPS) is 12.2. The number of hydrogen-bond donors (Lipinski definition) is 3. The van der Waals surface area contributed by atoms with Gasteiger partial charge in [-0.1, -0.05) is 71.7 Å². The van der Waals surface area contributed by atoms with Crippen molar-refractivity contribution in [1.29, 1.82) is 0 Å². The van der Waals surface area contributed by atoms with E-state index in [1.807, 2.05) is 60.7 Å². The largest absolute Gasteiger partial charge is 0.342 e. The highest BCUT2D eigenvalue weighted by Gasteiger charge is 2.21. The third-order valence-corrected chi connectivity index (χ3v) is 6.36. The van der Waals surface area contributed by atoms with Crippen LogP contribution in [-0.4, -0.2) is 32.8 Å². The fourth-order valence-electron chi connectivity index (χ4n) is 4.07. The molecule has 7 nitrogen and oxygen atoms in total. The van der Waals surface area contributed by atoms with Gasteiger partial charge in [0, 0.05) is 22.0 Å². The van der Waals surface area contributed by atoms with Crippen LogP contribution < -0.4 is 5.32 Å². The maximum absolute atomic E-state index is 12.9. The molecule has 5 rings (SSSR count). The molecule has 0 bridgehead atoms. The predicted octanol–water partition coefficient (Wildman–Crippen LogP) is 6.71. The van der Waals surface area contributed by atoms with Crippen LogP contribution in [0.1, 0.15) is 23.0 Å². The Balaban J connectivity index is 1.43. The maximum Gasteiger partial charge on any atom is 0.244 e. The number of imidazole rings is 1. The first-order chi connectivity index (χ1) is 18.0. The number of carbonyl (C=O) groups excluding carboxylic acids is 1. The third-order valence-electron chi connectivity index (χ3n) is 5.85. The Kier molecular flexibility index (Phi) is 7.16. The lowest BCUT2D eigenvalue weighted by atomic mass is 10.1. The molecule has 0 saturated carbocycles. The van der Waals surface area contributed by atoms with Crippen LogP contribution in [0.4, 0.5) is 5.82 Å². The molecule has 1 amide bonds. The van der Waals surface area contributed by atoms with Gasteiger partial charge in [-0.2, -0.15) is 5.10 Å². The number of H-pyrrole nitrogens is 2. The smallest absolute Gasteiger partial charge is 0.244 e. The fraction of sp³-hybridized carbons (Fsp3) is 0.0714. The molecule has 0 aliphatic rings. The van der Waals surface area contributed by atoms with Crippen LogP contribution >= 0.6 is 23.2 Å². The van der Waals surface area contributed by atoms with Gasteiger partial charge in [-0.15, -0.1) is 0 Å². The summed E-state index contributed by atoms with van der Waals surface area (Å²) >= 11 is 12.6. The Hall–Kier alpha value is -4.20. The van der Waals surface area contributed by atoms with Crippen molar-refractivity contribution in [2.45, 2.75) is 12.5 Å². The molecule has 184 valence electrons. The van der Waals surface area contributed by atoms with Crippen LogP contribution in [-0.2, 0) is 11.2 Å². The van der Waals surface area contributed by atoms with E-state index in [9.17, 15) is 4.79 Å². The van der Waals surface area contributed by atoms with Crippen LogP contribution in [0.3, 0.4) is 0 Å². The van der Waals surface area contributed by atoms with Crippen LogP contribution in [0, 0.1) is 0 Å². The third kappa shape index (κ3) is 5.63. The van der Waals surface area contributed by atoms with Crippen molar-refractivity contribution in [3.05, 3.63) is 106 Å². The first kappa shape index (κ1) is 24.5. The number of halogens is 2. The molecule has 2 heterocycles. The summed E-state index contributed by atoms with van der Waals surface area (Å²) in [5.74, 6) is 0.816. The molecule has 3 aromatic carbocycles. The molecular formula is C28H22Cl2N6O. The second-order valence-electron chi connectivity index (χ2n) is 8.39. The van der Waals surface area contributed by atoms with E-state index in [1.54, 1.807) is 18.2 Å². The summed E-state index contributed by atoms with van der Waals surface area (Å²) < 4.78 is 0. The van der Waals surface area contributed by atoms with Crippen LogP contribution in [0.15, 0.2) is 83.9 Å². The SMILES string of the molecule is C=Nc1n[nH]c2cc(-c3nc([C@H](Cc4ccccc4)NC(=O)/C=C/c4cccc(Cl)c4)[nH]c3Cl)ccc12. The van der Waals surface area contributed by atoms with Gasteiger partial charge in [-0.25, -0.2) is 9.98 Å². The molecule has 0 fully saturated rings. The van der Waals surface area contributed by atoms with Crippen molar-refractivity contribution in [2.24, 2.45) is 4.99 Å². The van der Waals surface area contributed by atoms with Crippen LogP contribution in [0.2, 0.25) is 10.2 Å². The molecule has 1 atom stereocenters. The maximum atomic E-state index is 12.9. The number of rotatable bonds is 8. The van der Waals surface area contributed by atoms with Gasteiger partial charge in [0.2, 0.25) is 5.91 Å². The zero-order valence-corrected chi connectivity index (χ0v) is 21.1. The Morgan fingerprint density at radius 3 is 2.70 bits per heavy atom. The van der Waals surface area contributed by atoms with E-state index in [0.717, 1.165) is 27.6 Å². The summed E-state index contributed by atoms with van der Waals surface area (Å²) in [6.45, 7) is 3.55. The molecular weight excluding hydrogens is 507 g/mol. The number of aliphatic imine (C=N–C) groups is 1. The quantitative estimate of drug-likeness (QED) is 0.154. The Morgan fingerprint density at radius 2 is 1.92 bits per heavy atom. The minimum absolute atomic E-state index is 0.265. The average Bonchev–Trinajstić information content (AvgIpc) is 3.50. The summed E-state index contributed by atoms with van der Waals surface area (Å²) in [6.07, 6.45) is 3.72. The molecule has 3 N–H and O–H groups in total. The summed E-state index contributed by atoms with van der Waals surface area (Å²) in [5, 5.41) is 12.0. The van der Waals surface area contributed by atoms with E-state index >= 15 is 0 Å². The zero-order valence-electron chi connectivity index (χ0n) is 19.6. The molecule has 2 aromatic heterocycles. The van der Waals surface area contributed by atoms with E-state index in [4.69, 9.17) is 28.2 Å². The number of benzene rings is 3. The number of nitrogens with zero attached hydrogens (tertiary/aromatic N) is 3. The van der Waals surface area contributed by atoms with Crippen molar-refractivity contribution in [2.75, 3.05) is 0 Å². The van der Waals surface area contributed by atoms with E-state index in [2.05, 4.69) is 32.2 Å². The van der Waals surface area contributed by atoms with Gasteiger partial charge in [0.15, 0.2) is 5.82 Å². The van der Waals surface area contributed by atoms with Crippen molar-refractivity contribution < 1.29 is 4.79 Å². The molecule has 37 heavy (non-hydrogen) atoms. The van der Waals surface area contributed by atoms with Gasteiger partial charge in [-0.3, -0.25) is 9.89 Å². The molecule has 0 spiro atoms. The average molecular weight is 529 g/mol. The van der Waals surface area contributed by atoms with E-state index in [1.165, 1.54) is 6.08 Å². The molecule has 0 unspecified atom stereocenters. The highest BCUT2D eigenvalue weighted by Crippen LogP contribution is 2.32. The van der Waals surface area contributed by atoms with Crippen molar-refractivity contribution in [3.63, 3.8) is 0 Å². The minimum atomic E-state index is -0.447. The number of hydrogen-bond acceptors (Lipinski definition) is 4. The predicted molar refractivity (Wildman–Crippen MR) is 149 cm³/mol. The van der Waals surface area contributed by atoms with E-state index in [-0.39, 0.29) is 5.91 Å². The minimum Gasteiger partial charge on any atom is -0.342 e. The van der Waals surface area contributed by atoms with Crippen molar-refractivity contribution >= 4 is 58.6 Å². The number of nitrogens with one attached hydrogen (secondary N) is 3. The van der Waals surface area contributed by atoms with Gasteiger partial charge in [0.1, 0.15) is 16.7 Å². The lowest BCUT2D eigenvalue weighted by Crippen LogP contribution is -2.29. The molecule has 9 heteroatoms. The highest BCUT2D eigenvalue weighted by atomic mass is 35.5. The summed E-state index contributed by atoms with van der Waals surface area (Å²) in [4.78, 5) is 24.7. The van der Waals surface area contributed by atoms with Gasteiger partial charge >= 0.3 is 0 Å². The number of aromatic nitrogens is 4. The Bertz CT molecular complexity index is 1610.